The molecule has 1 heterocycles. The van der Waals surface area contributed by atoms with Gasteiger partial charge in [-0.05, 0) is 36.6 Å². The number of anilines is 2. The summed E-state index contributed by atoms with van der Waals surface area (Å²) < 4.78 is 27.1. The molecule has 0 radical (unpaired) electrons. The summed E-state index contributed by atoms with van der Waals surface area (Å²) in [5.41, 5.74) is 1.22. The highest BCUT2D eigenvalue weighted by molar-refractivity contribution is 7.98. The van der Waals surface area contributed by atoms with Gasteiger partial charge in [0, 0.05) is 16.0 Å². The molecular weight excluding hydrogens is 402 g/mol. The van der Waals surface area contributed by atoms with Crippen molar-refractivity contribution in [3.8, 4) is 0 Å². The molecule has 2 N–H and O–H groups in total. The first-order valence-electron chi connectivity index (χ1n) is 7.92. The fourth-order valence-electron chi connectivity index (χ4n) is 2.28. The Balaban J connectivity index is 1.63. The molecule has 2 aromatic carbocycles. The second-order valence-electron chi connectivity index (χ2n) is 5.52. The van der Waals surface area contributed by atoms with Gasteiger partial charge >= 0.3 is 0 Å². The molecule has 6 nitrogen and oxygen atoms in total. The Labute approximate surface area is 166 Å². The number of nitrogens with one attached hydrogen (secondary N) is 2. The number of thioether (sulfide) groups is 1. The maximum absolute atomic E-state index is 12.3. The van der Waals surface area contributed by atoms with E-state index in [1.807, 2.05) is 30.5 Å². The van der Waals surface area contributed by atoms with Crippen LogP contribution < -0.4 is 10.0 Å². The lowest BCUT2D eigenvalue weighted by atomic mass is 10.3. The topological polar surface area (TPSA) is 88.2 Å². The van der Waals surface area contributed by atoms with Crippen LogP contribution in [0, 0.1) is 0 Å². The Morgan fingerprint density at radius 1 is 1.15 bits per heavy atom. The minimum absolute atomic E-state index is 0.0626. The Morgan fingerprint density at radius 3 is 2.67 bits per heavy atom. The summed E-state index contributed by atoms with van der Waals surface area (Å²) in [6, 6.07) is 15.6. The van der Waals surface area contributed by atoms with Gasteiger partial charge < -0.3 is 5.32 Å². The summed E-state index contributed by atoms with van der Waals surface area (Å²) in [7, 11) is -3.69. The number of rotatable bonds is 7. The van der Waals surface area contributed by atoms with Gasteiger partial charge in [0.1, 0.15) is 0 Å². The summed E-state index contributed by atoms with van der Waals surface area (Å²) in [6.07, 6.45) is 2.03. The van der Waals surface area contributed by atoms with E-state index in [4.69, 9.17) is 0 Å². The van der Waals surface area contributed by atoms with Gasteiger partial charge in [-0.25, -0.2) is 13.4 Å². The van der Waals surface area contributed by atoms with Crippen LogP contribution in [-0.4, -0.2) is 25.6 Å². The van der Waals surface area contributed by atoms with Crippen LogP contribution >= 0.6 is 23.1 Å². The van der Waals surface area contributed by atoms with Gasteiger partial charge in [-0.3, -0.25) is 9.52 Å². The van der Waals surface area contributed by atoms with Gasteiger partial charge in [-0.15, -0.1) is 23.1 Å². The van der Waals surface area contributed by atoms with Gasteiger partial charge in [-0.1, -0.05) is 24.3 Å². The molecule has 1 amide bonds. The molecular formula is C18H17N3O3S3. The van der Waals surface area contributed by atoms with Crippen molar-refractivity contribution in [2.45, 2.75) is 16.2 Å². The van der Waals surface area contributed by atoms with Crippen LogP contribution in [-0.2, 0) is 21.2 Å². The van der Waals surface area contributed by atoms with Crippen LogP contribution in [0.15, 0.2) is 69.8 Å². The standard InChI is InChI=1S/C18H17N3O3S3/c1-25-15-7-5-6-13(10-15)19-17(22)11-14-12-26-18(20-14)21-27(23,24)16-8-3-2-4-9-16/h2-10,12H,11H2,1H3,(H,19,22)(H,20,21). The summed E-state index contributed by atoms with van der Waals surface area (Å²) in [6.45, 7) is 0. The van der Waals surface area contributed by atoms with Crippen LogP contribution in [0.2, 0.25) is 0 Å². The minimum Gasteiger partial charge on any atom is -0.326 e. The third-order valence-corrected chi connectivity index (χ3v) is 6.54. The number of hydrogen-bond donors (Lipinski definition) is 2. The number of hydrogen-bond acceptors (Lipinski definition) is 6. The molecule has 0 bridgehead atoms. The second-order valence-corrected chi connectivity index (χ2v) is 8.94. The average molecular weight is 420 g/mol. The van der Waals surface area contributed by atoms with E-state index in [1.54, 1.807) is 35.3 Å². The number of aromatic nitrogens is 1. The highest BCUT2D eigenvalue weighted by Crippen LogP contribution is 2.22. The van der Waals surface area contributed by atoms with Gasteiger partial charge in [0.25, 0.3) is 10.0 Å². The molecule has 0 saturated heterocycles. The third kappa shape index (κ3) is 5.31. The first-order chi connectivity index (χ1) is 13.0. The molecule has 0 aliphatic carbocycles. The molecule has 3 rings (SSSR count). The third-order valence-electron chi connectivity index (χ3n) is 3.52. The normalized spacial score (nSPS) is 11.1. The summed E-state index contributed by atoms with van der Waals surface area (Å²) >= 11 is 2.73. The molecule has 0 spiro atoms. The van der Waals surface area contributed by atoms with Gasteiger partial charge in [0.15, 0.2) is 5.13 Å². The zero-order valence-corrected chi connectivity index (χ0v) is 16.8. The van der Waals surface area contributed by atoms with E-state index < -0.39 is 10.0 Å². The smallest absolute Gasteiger partial charge is 0.263 e. The van der Waals surface area contributed by atoms with Crippen LogP contribution in [0.4, 0.5) is 10.8 Å². The fraction of sp³-hybridized carbons (Fsp3) is 0.111. The van der Waals surface area contributed by atoms with Crippen molar-refractivity contribution in [3.05, 3.63) is 65.7 Å². The van der Waals surface area contributed by atoms with Crippen LogP contribution in [0.5, 0.6) is 0 Å². The molecule has 0 saturated carbocycles. The number of amides is 1. The van der Waals surface area contributed by atoms with Crippen molar-refractivity contribution in [1.82, 2.24) is 4.98 Å². The molecule has 0 aliphatic heterocycles. The fourth-order valence-corrected chi connectivity index (χ4v) is 4.72. The minimum atomic E-state index is -3.69. The zero-order chi connectivity index (χ0) is 19.3. The van der Waals surface area contributed by atoms with Crippen LogP contribution in [0.1, 0.15) is 5.69 Å². The van der Waals surface area contributed by atoms with Crippen LogP contribution in [0.25, 0.3) is 0 Å². The van der Waals surface area contributed by atoms with Crippen LogP contribution in [0.3, 0.4) is 0 Å². The number of benzene rings is 2. The van der Waals surface area contributed by atoms with Crippen molar-refractivity contribution in [2.75, 3.05) is 16.3 Å². The molecule has 9 heteroatoms. The molecule has 0 atom stereocenters. The predicted octanol–water partition coefficient (Wildman–Crippen LogP) is 3.85. The largest absolute Gasteiger partial charge is 0.326 e. The molecule has 0 aliphatic rings. The van der Waals surface area contributed by atoms with E-state index in [1.165, 1.54) is 12.1 Å². The van der Waals surface area contributed by atoms with Crippen molar-refractivity contribution >= 4 is 49.8 Å². The quantitative estimate of drug-likeness (QED) is 0.568. The second kappa shape index (κ2) is 8.55. The zero-order valence-electron chi connectivity index (χ0n) is 14.4. The Morgan fingerprint density at radius 2 is 1.93 bits per heavy atom. The SMILES string of the molecule is CSc1cccc(NC(=O)Cc2csc(NS(=O)(=O)c3ccccc3)n2)c1. The summed E-state index contributed by atoms with van der Waals surface area (Å²) in [5.74, 6) is -0.212. The number of carbonyl (C=O) groups is 1. The van der Waals surface area contributed by atoms with E-state index >= 15 is 0 Å². The monoisotopic (exact) mass is 419 g/mol. The van der Waals surface area contributed by atoms with E-state index in [2.05, 4.69) is 15.0 Å². The number of nitrogens with zero attached hydrogens (tertiary/aromatic N) is 1. The van der Waals surface area contributed by atoms with Crippen molar-refractivity contribution < 1.29 is 13.2 Å². The van der Waals surface area contributed by atoms with E-state index in [0.717, 1.165) is 16.2 Å². The number of sulfonamides is 1. The molecule has 3 aromatic rings. The highest BCUT2D eigenvalue weighted by Gasteiger charge is 2.16. The number of thiazole rings is 1. The van der Waals surface area contributed by atoms with Gasteiger partial charge in [0.2, 0.25) is 5.91 Å². The molecule has 140 valence electrons. The first kappa shape index (κ1) is 19.4. The van der Waals surface area contributed by atoms with Gasteiger partial charge in [0.05, 0.1) is 17.0 Å². The maximum Gasteiger partial charge on any atom is 0.263 e. The van der Waals surface area contributed by atoms with E-state index in [0.29, 0.717) is 11.4 Å². The average Bonchev–Trinajstić information content (AvgIpc) is 3.08. The van der Waals surface area contributed by atoms with Crippen molar-refractivity contribution in [2.24, 2.45) is 0 Å². The molecule has 0 fully saturated rings. The Kier molecular flexibility index (Phi) is 6.15. The lowest BCUT2D eigenvalue weighted by Gasteiger charge is -2.06. The van der Waals surface area contributed by atoms with E-state index in [-0.39, 0.29) is 22.4 Å². The van der Waals surface area contributed by atoms with Crippen molar-refractivity contribution in [3.63, 3.8) is 0 Å². The van der Waals surface area contributed by atoms with Crippen molar-refractivity contribution in [1.29, 1.82) is 0 Å². The molecule has 1 aromatic heterocycles. The van der Waals surface area contributed by atoms with E-state index in [9.17, 15) is 13.2 Å². The molecule has 27 heavy (non-hydrogen) atoms. The predicted molar refractivity (Wildman–Crippen MR) is 110 cm³/mol. The Hall–Kier alpha value is -2.36. The first-order valence-corrected chi connectivity index (χ1v) is 11.5. The highest BCUT2D eigenvalue weighted by atomic mass is 32.2. The Bertz CT molecular complexity index is 1030. The molecule has 0 unspecified atom stereocenters. The summed E-state index contributed by atoms with van der Waals surface area (Å²) in [5, 5.41) is 4.72. The lowest BCUT2D eigenvalue weighted by molar-refractivity contribution is -0.115. The number of carbonyl (C=O) groups excluding carboxylic acids is 1. The summed E-state index contributed by atoms with van der Waals surface area (Å²) in [4.78, 5) is 17.6. The maximum atomic E-state index is 12.3. The van der Waals surface area contributed by atoms with Gasteiger partial charge in [-0.2, -0.15) is 0 Å². The lowest BCUT2D eigenvalue weighted by Crippen LogP contribution is -2.15.